The third-order valence-electron chi connectivity index (χ3n) is 3.28. The van der Waals surface area contributed by atoms with E-state index in [0.717, 1.165) is 23.3 Å². The summed E-state index contributed by atoms with van der Waals surface area (Å²) in [5.41, 5.74) is 1.16. The molecule has 2 atom stereocenters. The van der Waals surface area contributed by atoms with Gasteiger partial charge in [-0.2, -0.15) is 5.26 Å². The molecule has 6 heteroatoms. The van der Waals surface area contributed by atoms with Crippen molar-refractivity contribution in [2.24, 2.45) is 0 Å². The van der Waals surface area contributed by atoms with E-state index in [9.17, 15) is 8.42 Å². The molecule has 2 unspecified atom stereocenters. The molecule has 3 rings (SSSR count). The van der Waals surface area contributed by atoms with E-state index in [4.69, 9.17) is 5.26 Å². The number of nitrogens with zero attached hydrogens (tertiary/aromatic N) is 1. The zero-order valence-electron chi connectivity index (χ0n) is 10.5. The van der Waals surface area contributed by atoms with Crippen LogP contribution >= 0.6 is 11.3 Å². The van der Waals surface area contributed by atoms with Gasteiger partial charge in [-0.05, 0) is 24.1 Å². The Hall–Kier alpha value is -1.68. The fourth-order valence-corrected chi connectivity index (χ4v) is 4.59. The summed E-state index contributed by atoms with van der Waals surface area (Å²) < 4.78 is 27.3. The van der Waals surface area contributed by atoms with Gasteiger partial charge in [0.2, 0.25) is 10.0 Å². The number of rotatable bonds is 4. The molecule has 4 nitrogen and oxygen atoms in total. The Kier molecular flexibility index (Phi) is 3.34. The SMILES string of the molecule is N#Cc1ccc(S(=O)(=O)NC2CC2c2ccccc2)s1. The number of thiophene rings is 1. The van der Waals surface area contributed by atoms with Gasteiger partial charge in [-0.1, -0.05) is 30.3 Å². The van der Waals surface area contributed by atoms with Crippen LogP contribution in [-0.4, -0.2) is 14.5 Å². The molecular weight excluding hydrogens is 292 g/mol. The molecule has 1 heterocycles. The first-order chi connectivity index (χ1) is 9.60. The number of hydrogen-bond donors (Lipinski definition) is 1. The minimum Gasteiger partial charge on any atom is -0.207 e. The molecular formula is C14H12N2O2S2. The number of benzene rings is 1. The third-order valence-corrected chi connectivity index (χ3v) is 6.25. The molecule has 0 saturated heterocycles. The maximum absolute atomic E-state index is 12.2. The van der Waals surface area contributed by atoms with Gasteiger partial charge in [0.05, 0.1) is 0 Å². The summed E-state index contributed by atoms with van der Waals surface area (Å²) >= 11 is 0.995. The average molecular weight is 304 g/mol. The van der Waals surface area contributed by atoms with E-state index in [2.05, 4.69) is 4.72 Å². The van der Waals surface area contributed by atoms with Crippen molar-refractivity contribution < 1.29 is 8.42 Å². The van der Waals surface area contributed by atoms with Crippen LogP contribution in [0.15, 0.2) is 46.7 Å². The predicted octanol–water partition coefficient (Wildman–Crippen LogP) is 2.45. The summed E-state index contributed by atoms with van der Waals surface area (Å²) in [5.74, 6) is 0.251. The maximum atomic E-state index is 12.2. The molecule has 1 saturated carbocycles. The van der Waals surface area contributed by atoms with Crippen molar-refractivity contribution in [2.45, 2.75) is 22.6 Å². The minimum atomic E-state index is -3.51. The van der Waals surface area contributed by atoms with E-state index < -0.39 is 10.0 Å². The van der Waals surface area contributed by atoms with Crippen LogP contribution in [0.2, 0.25) is 0 Å². The third kappa shape index (κ3) is 2.61. The zero-order chi connectivity index (χ0) is 14.2. The molecule has 0 aliphatic heterocycles. The van der Waals surface area contributed by atoms with Gasteiger partial charge in [0, 0.05) is 12.0 Å². The molecule has 1 aliphatic carbocycles. The van der Waals surface area contributed by atoms with Crippen molar-refractivity contribution in [3.63, 3.8) is 0 Å². The highest BCUT2D eigenvalue weighted by atomic mass is 32.2. The van der Waals surface area contributed by atoms with Gasteiger partial charge < -0.3 is 0 Å². The molecule has 0 spiro atoms. The zero-order valence-corrected chi connectivity index (χ0v) is 12.1. The Bertz CT molecular complexity index is 760. The molecule has 1 N–H and O–H groups in total. The summed E-state index contributed by atoms with van der Waals surface area (Å²) in [4.78, 5) is 0.404. The lowest BCUT2D eigenvalue weighted by Gasteiger charge is -2.04. The van der Waals surface area contributed by atoms with E-state index in [1.165, 1.54) is 12.1 Å². The fraction of sp³-hybridized carbons (Fsp3) is 0.214. The molecule has 1 fully saturated rings. The molecule has 0 radical (unpaired) electrons. The number of hydrogen-bond acceptors (Lipinski definition) is 4. The highest BCUT2D eigenvalue weighted by Crippen LogP contribution is 2.41. The Morgan fingerprint density at radius 3 is 2.60 bits per heavy atom. The largest absolute Gasteiger partial charge is 0.250 e. The van der Waals surface area contributed by atoms with Crippen molar-refractivity contribution in [1.29, 1.82) is 5.26 Å². The number of sulfonamides is 1. The Morgan fingerprint density at radius 1 is 1.20 bits per heavy atom. The van der Waals surface area contributed by atoms with Crippen molar-refractivity contribution in [3.8, 4) is 6.07 Å². The summed E-state index contributed by atoms with van der Waals surface area (Å²) in [5, 5.41) is 8.75. The molecule has 1 aliphatic rings. The highest BCUT2D eigenvalue weighted by molar-refractivity contribution is 7.91. The van der Waals surface area contributed by atoms with Crippen LogP contribution in [0.5, 0.6) is 0 Å². The second-order valence-corrected chi connectivity index (χ2v) is 7.74. The first-order valence-electron chi connectivity index (χ1n) is 6.17. The molecule has 0 amide bonds. The Morgan fingerprint density at radius 2 is 1.95 bits per heavy atom. The monoisotopic (exact) mass is 304 g/mol. The lowest BCUT2D eigenvalue weighted by molar-refractivity contribution is 0.582. The van der Waals surface area contributed by atoms with E-state index in [-0.39, 0.29) is 16.2 Å². The topological polar surface area (TPSA) is 70.0 Å². The van der Waals surface area contributed by atoms with Gasteiger partial charge in [-0.15, -0.1) is 11.3 Å². The summed E-state index contributed by atoms with van der Waals surface area (Å²) in [7, 11) is -3.51. The van der Waals surface area contributed by atoms with Crippen LogP contribution < -0.4 is 4.72 Å². The van der Waals surface area contributed by atoms with E-state index in [0.29, 0.717) is 4.88 Å². The molecule has 1 aromatic heterocycles. The van der Waals surface area contributed by atoms with Gasteiger partial charge in [-0.25, -0.2) is 13.1 Å². The van der Waals surface area contributed by atoms with Gasteiger partial charge in [0.15, 0.2) is 0 Å². The fourth-order valence-electron chi connectivity index (χ4n) is 2.18. The van der Waals surface area contributed by atoms with Crippen molar-refractivity contribution in [1.82, 2.24) is 4.72 Å². The molecule has 2 aromatic rings. The smallest absolute Gasteiger partial charge is 0.207 e. The van der Waals surface area contributed by atoms with Crippen molar-refractivity contribution in [3.05, 3.63) is 52.9 Å². The molecule has 0 bridgehead atoms. The van der Waals surface area contributed by atoms with Gasteiger partial charge in [0.25, 0.3) is 0 Å². The minimum absolute atomic E-state index is 0.0463. The maximum Gasteiger partial charge on any atom is 0.250 e. The predicted molar refractivity (Wildman–Crippen MR) is 76.9 cm³/mol. The van der Waals surface area contributed by atoms with Crippen LogP contribution in [0.25, 0.3) is 0 Å². The van der Waals surface area contributed by atoms with Crippen LogP contribution in [-0.2, 0) is 10.0 Å². The van der Waals surface area contributed by atoms with Crippen LogP contribution in [0.3, 0.4) is 0 Å². The van der Waals surface area contributed by atoms with Gasteiger partial charge in [0.1, 0.15) is 15.2 Å². The normalized spacial score (nSPS) is 21.4. The first kappa shape index (κ1) is 13.3. The standard InChI is InChI=1S/C14H12N2O2S2/c15-9-11-6-7-14(19-11)20(17,18)16-13-8-12(13)10-4-2-1-3-5-10/h1-7,12-13,16H,8H2. The summed E-state index contributed by atoms with van der Waals surface area (Å²) in [6, 6.07) is 14.8. The van der Waals surface area contributed by atoms with Gasteiger partial charge in [-0.3, -0.25) is 0 Å². The van der Waals surface area contributed by atoms with Crippen LogP contribution in [0.4, 0.5) is 0 Å². The molecule has 1 aromatic carbocycles. The van der Waals surface area contributed by atoms with Crippen molar-refractivity contribution >= 4 is 21.4 Å². The summed E-state index contributed by atoms with van der Waals surface area (Å²) in [6.07, 6.45) is 0.819. The lowest BCUT2D eigenvalue weighted by Crippen LogP contribution is -2.26. The van der Waals surface area contributed by atoms with Crippen LogP contribution in [0.1, 0.15) is 22.8 Å². The molecule has 20 heavy (non-hydrogen) atoms. The second-order valence-electron chi connectivity index (χ2n) is 4.71. The Balaban J connectivity index is 1.72. The van der Waals surface area contributed by atoms with Crippen LogP contribution in [0, 0.1) is 11.3 Å². The highest BCUT2D eigenvalue weighted by Gasteiger charge is 2.41. The van der Waals surface area contributed by atoms with Gasteiger partial charge >= 0.3 is 0 Å². The average Bonchev–Trinajstić information content (AvgIpc) is 3.02. The number of nitriles is 1. The quantitative estimate of drug-likeness (QED) is 0.943. The van der Waals surface area contributed by atoms with Crippen molar-refractivity contribution in [2.75, 3.05) is 0 Å². The first-order valence-corrected chi connectivity index (χ1v) is 8.47. The summed E-state index contributed by atoms with van der Waals surface area (Å²) in [6.45, 7) is 0. The van der Waals surface area contributed by atoms with E-state index in [1.54, 1.807) is 0 Å². The van der Waals surface area contributed by atoms with E-state index in [1.807, 2.05) is 36.4 Å². The Labute approximate surface area is 121 Å². The second kappa shape index (κ2) is 5.02. The lowest BCUT2D eigenvalue weighted by atomic mass is 10.1. The molecule has 102 valence electrons. The van der Waals surface area contributed by atoms with E-state index >= 15 is 0 Å². The number of nitrogens with one attached hydrogen (secondary N) is 1.